The normalized spacial score (nSPS) is 30.7. The lowest BCUT2D eigenvalue weighted by atomic mass is 9.73. The minimum Gasteiger partial charge on any atom is -0.354 e. The van der Waals surface area contributed by atoms with E-state index >= 15 is 0 Å². The van der Waals surface area contributed by atoms with Crippen molar-refractivity contribution in [1.82, 2.24) is 5.32 Å². The van der Waals surface area contributed by atoms with Crippen LogP contribution in [0.5, 0.6) is 0 Å². The molecule has 0 aromatic rings. The smallest absolute Gasteiger partial charge is 0.172 e. The molecule has 0 aliphatic heterocycles. The van der Waals surface area contributed by atoms with E-state index in [-0.39, 0.29) is 6.29 Å². The van der Waals surface area contributed by atoms with Gasteiger partial charge in [0.2, 0.25) is 0 Å². The minimum atomic E-state index is -0.123. The first kappa shape index (κ1) is 15.9. The summed E-state index contributed by atoms with van der Waals surface area (Å²) in [4.78, 5) is 0. The quantitative estimate of drug-likeness (QED) is 0.711. The average Bonchev–Trinajstić information content (AvgIpc) is 2.38. The molecule has 0 aromatic heterocycles. The average molecular weight is 257 g/mol. The molecular weight excluding hydrogens is 226 g/mol. The Morgan fingerprint density at radius 2 is 1.78 bits per heavy atom. The Kier molecular flexibility index (Phi) is 7.20. The van der Waals surface area contributed by atoms with Crippen LogP contribution in [0.2, 0.25) is 0 Å². The van der Waals surface area contributed by atoms with Gasteiger partial charge in [0.05, 0.1) is 6.04 Å². The number of methoxy groups -OCH3 is 2. The van der Waals surface area contributed by atoms with Crippen LogP contribution in [0.25, 0.3) is 0 Å². The molecule has 4 unspecified atom stereocenters. The molecule has 18 heavy (non-hydrogen) atoms. The molecule has 3 heteroatoms. The summed E-state index contributed by atoms with van der Waals surface area (Å²) in [7, 11) is 3.48. The van der Waals surface area contributed by atoms with Crippen molar-refractivity contribution in [2.24, 2.45) is 17.8 Å². The maximum atomic E-state index is 5.49. The first-order valence-electron chi connectivity index (χ1n) is 7.42. The van der Waals surface area contributed by atoms with Crippen LogP contribution < -0.4 is 5.32 Å². The van der Waals surface area contributed by atoms with Crippen molar-refractivity contribution in [3.8, 4) is 0 Å². The van der Waals surface area contributed by atoms with Gasteiger partial charge in [-0.3, -0.25) is 0 Å². The Morgan fingerprint density at radius 3 is 2.28 bits per heavy atom. The number of hydrogen-bond acceptors (Lipinski definition) is 3. The summed E-state index contributed by atoms with van der Waals surface area (Å²) in [5, 5.41) is 3.63. The second-order valence-corrected chi connectivity index (χ2v) is 5.85. The summed E-state index contributed by atoms with van der Waals surface area (Å²) in [6.07, 6.45) is 4.93. The van der Waals surface area contributed by atoms with Crippen molar-refractivity contribution in [2.75, 3.05) is 20.8 Å². The molecular formula is C15H31NO2. The molecule has 1 fully saturated rings. The van der Waals surface area contributed by atoms with E-state index in [0.29, 0.717) is 12.0 Å². The van der Waals surface area contributed by atoms with Gasteiger partial charge in [0.15, 0.2) is 6.29 Å². The van der Waals surface area contributed by atoms with Gasteiger partial charge in [-0.2, -0.15) is 0 Å². The van der Waals surface area contributed by atoms with Crippen LogP contribution >= 0.6 is 0 Å². The van der Waals surface area contributed by atoms with E-state index in [1.807, 2.05) is 0 Å². The predicted octanol–water partition coefficient (Wildman–Crippen LogP) is 3.05. The van der Waals surface area contributed by atoms with Crippen LogP contribution in [-0.4, -0.2) is 33.1 Å². The van der Waals surface area contributed by atoms with Crippen LogP contribution in [0.15, 0.2) is 0 Å². The summed E-state index contributed by atoms with van der Waals surface area (Å²) in [5.74, 6) is 2.34. The van der Waals surface area contributed by atoms with Crippen molar-refractivity contribution in [3.05, 3.63) is 0 Å². The molecule has 4 atom stereocenters. The SMILES string of the molecule is CCCNC(C1CCC(C)C(C)C1)C(OC)OC. The Balaban J connectivity index is 2.63. The van der Waals surface area contributed by atoms with E-state index in [1.165, 1.54) is 19.3 Å². The molecule has 1 rings (SSSR count). The Labute approximate surface area is 113 Å². The molecule has 1 aliphatic carbocycles. The van der Waals surface area contributed by atoms with E-state index in [0.717, 1.165) is 24.8 Å². The number of hydrogen-bond donors (Lipinski definition) is 1. The van der Waals surface area contributed by atoms with Crippen molar-refractivity contribution in [3.63, 3.8) is 0 Å². The van der Waals surface area contributed by atoms with Crippen LogP contribution in [0, 0.1) is 17.8 Å². The summed E-state index contributed by atoms with van der Waals surface area (Å²) in [6, 6.07) is 0.329. The highest BCUT2D eigenvalue weighted by Gasteiger charge is 2.34. The van der Waals surface area contributed by atoms with Gasteiger partial charge < -0.3 is 14.8 Å². The van der Waals surface area contributed by atoms with E-state index in [1.54, 1.807) is 14.2 Å². The molecule has 0 heterocycles. The van der Waals surface area contributed by atoms with E-state index in [2.05, 4.69) is 26.1 Å². The second kappa shape index (κ2) is 8.13. The maximum Gasteiger partial charge on any atom is 0.172 e. The van der Waals surface area contributed by atoms with Gasteiger partial charge in [0.1, 0.15) is 0 Å². The standard InChI is InChI=1S/C15H31NO2/c1-6-9-16-14(15(17-4)18-5)13-8-7-11(2)12(3)10-13/h11-16H,6-10H2,1-5H3. The highest BCUT2D eigenvalue weighted by molar-refractivity contribution is 4.85. The summed E-state index contributed by atoms with van der Waals surface area (Å²) in [5.41, 5.74) is 0. The predicted molar refractivity (Wildman–Crippen MR) is 75.6 cm³/mol. The third kappa shape index (κ3) is 4.22. The largest absolute Gasteiger partial charge is 0.354 e. The molecule has 1 saturated carbocycles. The molecule has 0 spiro atoms. The molecule has 1 N–H and O–H groups in total. The highest BCUT2D eigenvalue weighted by atomic mass is 16.7. The van der Waals surface area contributed by atoms with Crippen molar-refractivity contribution in [2.45, 2.75) is 58.8 Å². The van der Waals surface area contributed by atoms with Gasteiger partial charge in [0.25, 0.3) is 0 Å². The van der Waals surface area contributed by atoms with Gasteiger partial charge in [-0.15, -0.1) is 0 Å². The Hall–Kier alpha value is -0.120. The molecule has 3 nitrogen and oxygen atoms in total. The van der Waals surface area contributed by atoms with Crippen LogP contribution in [0.4, 0.5) is 0 Å². The molecule has 0 saturated heterocycles. The van der Waals surface area contributed by atoms with Gasteiger partial charge >= 0.3 is 0 Å². The van der Waals surface area contributed by atoms with Crippen molar-refractivity contribution < 1.29 is 9.47 Å². The fraction of sp³-hybridized carbons (Fsp3) is 1.00. The van der Waals surface area contributed by atoms with Crippen LogP contribution in [0.1, 0.15) is 46.5 Å². The molecule has 0 radical (unpaired) electrons. The molecule has 0 aromatic carbocycles. The fourth-order valence-corrected chi connectivity index (χ4v) is 3.10. The zero-order valence-corrected chi connectivity index (χ0v) is 12.7. The fourth-order valence-electron chi connectivity index (χ4n) is 3.10. The van der Waals surface area contributed by atoms with Gasteiger partial charge in [-0.1, -0.05) is 27.2 Å². The zero-order valence-electron chi connectivity index (χ0n) is 12.7. The molecule has 1 aliphatic rings. The summed E-state index contributed by atoms with van der Waals surface area (Å²) in [6.45, 7) is 7.99. The van der Waals surface area contributed by atoms with Crippen LogP contribution in [-0.2, 0) is 9.47 Å². The first-order chi connectivity index (χ1) is 8.63. The van der Waals surface area contributed by atoms with Crippen molar-refractivity contribution in [1.29, 1.82) is 0 Å². The van der Waals surface area contributed by atoms with E-state index < -0.39 is 0 Å². The number of ether oxygens (including phenoxy) is 2. The Bertz CT molecular complexity index is 219. The minimum absolute atomic E-state index is 0.123. The lowest BCUT2D eigenvalue weighted by Crippen LogP contribution is -2.49. The first-order valence-corrected chi connectivity index (χ1v) is 7.42. The summed E-state index contributed by atoms with van der Waals surface area (Å²) < 4.78 is 11.0. The Morgan fingerprint density at radius 1 is 1.11 bits per heavy atom. The monoisotopic (exact) mass is 257 g/mol. The molecule has 108 valence electrons. The highest BCUT2D eigenvalue weighted by Crippen LogP contribution is 2.36. The topological polar surface area (TPSA) is 30.5 Å². The number of nitrogens with one attached hydrogen (secondary N) is 1. The van der Waals surface area contributed by atoms with Gasteiger partial charge in [0, 0.05) is 14.2 Å². The van der Waals surface area contributed by atoms with Gasteiger partial charge in [-0.25, -0.2) is 0 Å². The third-order valence-corrected chi connectivity index (χ3v) is 4.53. The zero-order chi connectivity index (χ0) is 13.5. The summed E-state index contributed by atoms with van der Waals surface area (Å²) >= 11 is 0. The van der Waals surface area contributed by atoms with E-state index in [4.69, 9.17) is 9.47 Å². The lowest BCUT2D eigenvalue weighted by Gasteiger charge is -2.39. The van der Waals surface area contributed by atoms with Crippen molar-refractivity contribution >= 4 is 0 Å². The van der Waals surface area contributed by atoms with Gasteiger partial charge in [-0.05, 0) is 43.6 Å². The molecule has 0 amide bonds. The third-order valence-electron chi connectivity index (χ3n) is 4.53. The number of rotatable bonds is 7. The lowest BCUT2D eigenvalue weighted by molar-refractivity contribution is -0.137. The molecule has 0 bridgehead atoms. The maximum absolute atomic E-state index is 5.49. The van der Waals surface area contributed by atoms with E-state index in [9.17, 15) is 0 Å². The van der Waals surface area contributed by atoms with Crippen LogP contribution in [0.3, 0.4) is 0 Å². The second-order valence-electron chi connectivity index (χ2n) is 5.85.